The molecule has 5 nitrogen and oxygen atoms in total. The standard InChI is InChI=1S/C15H18N4O/c1-11-12(2)19-14(9-16-11)17-10-15(20)18-8-13-6-4-3-5-7-13/h3-7,9H,8,10H2,1-2H3,(H,17,19)(H,18,20). The molecule has 2 rings (SSSR count). The molecule has 5 heteroatoms. The number of hydrogen-bond donors (Lipinski definition) is 2. The predicted molar refractivity (Wildman–Crippen MR) is 78.3 cm³/mol. The summed E-state index contributed by atoms with van der Waals surface area (Å²) in [7, 11) is 0. The zero-order valence-electron chi connectivity index (χ0n) is 11.7. The molecule has 0 fully saturated rings. The van der Waals surface area contributed by atoms with E-state index in [2.05, 4.69) is 20.6 Å². The fourth-order valence-electron chi connectivity index (χ4n) is 1.66. The second kappa shape index (κ2) is 6.65. The van der Waals surface area contributed by atoms with Crippen molar-refractivity contribution in [2.75, 3.05) is 11.9 Å². The molecular formula is C15H18N4O. The number of carbonyl (C=O) groups excluding carboxylic acids is 1. The summed E-state index contributed by atoms with van der Waals surface area (Å²) >= 11 is 0. The number of anilines is 1. The third-order valence-corrected chi connectivity index (χ3v) is 2.95. The molecule has 0 saturated heterocycles. The van der Waals surface area contributed by atoms with E-state index in [-0.39, 0.29) is 12.5 Å². The van der Waals surface area contributed by atoms with Gasteiger partial charge in [-0.2, -0.15) is 0 Å². The number of carbonyl (C=O) groups is 1. The first-order chi connectivity index (χ1) is 9.65. The second-order valence-corrected chi connectivity index (χ2v) is 4.54. The zero-order chi connectivity index (χ0) is 14.4. The fourth-order valence-corrected chi connectivity index (χ4v) is 1.66. The number of amides is 1. The lowest BCUT2D eigenvalue weighted by Gasteiger charge is -2.08. The van der Waals surface area contributed by atoms with E-state index >= 15 is 0 Å². The zero-order valence-corrected chi connectivity index (χ0v) is 11.7. The highest BCUT2D eigenvalue weighted by atomic mass is 16.1. The number of aryl methyl sites for hydroxylation is 2. The molecular weight excluding hydrogens is 252 g/mol. The van der Waals surface area contributed by atoms with Crippen LogP contribution in [-0.2, 0) is 11.3 Å². The highest BCUT2D eigenvalue weighted by Gasteiger charge is 2.03. The van der Waals surface area contributed by atoms with Gasteiger partial charge in [0.2, 0.25) is 5.91 Å². The molecule has 1 heterocycles. The molecule has 0 spiro atoms. The van der Waals surface area contributed by atoms with Crippen molar-refractivity contribution in [3.8, 4) is 0 Å². The molecule has 20 heavy (non-hydrogen) atoms. The maximum atomic E-state index is 11.7. The lowest BCUT2D eigenvalue weighted by Crippen LogP contribution is -2.29. The van der Waals surface area contributed by atoms with Crippen LogP contribution in [0, 0.1) is 13.8 Å². The van der Waals surface area contributed by atoms with Crippen LogP contribution in [-0.4, -0.2) is 22.4 Å². The van der Waals surface area contributed by atoms with E-state index in [1.54, 1.807) is 6.20 Å². The van der Waals surface area contributed by atoms with Crippen molar-refractivity contribution in [2.45, 2.75) is 20.4 Å². The monoisotopic (exact) mass is 270 g/mol. The lowest BCUT2D eigenvalue weighted by atomic mass is 10.2. The molecule has 0 saturated carbocycles. The summed E-state index contributed by atoms with van der Waals surface area (Å²) in [6.45, 7) is 4.51. The van der Waals surface area contributed by atoms with Crippen molar-refractivity contribution < 1.29 is 4.79 Å². The average Bonchev–Trinajstić information content (AvgIpc) is 2.47. The Balaban J connectivity index is 1.79. The Bertz CT molecular complexity index is 584. The largest absolute Gasteiger partial charge is 0.360 e. The van der Waals surface area contributed by atoms with Gasteiger partial charge in [0.1, 0.15) is 5.82 Å². The van der Waals surface area contributed by atoms with Crippen molar-refractivity contribution in [2.24, 2.45) is 0 Å². The van der Waals surface area contributed by atoms with E-state index in [9.17, 15) is 4.79 Å². The molecule has 104 valence electrons. The van der Waals surface area contributed by atoms with E-state index in [1.807, 2.05) is 44.2 Å². The Morgan fingerprint density at radius 3 is 2.60 bits per heavy atom. The molecule has 1 aromatic carbocycles. The number of rotatable bonds is 5. The maximum Gasteiger partial charge on any atom is 0.239 e. The second-order valence-electron chi connectivity index (χ2n) is 4.54. The smallest absolute Gasteiger partial charge is 0.239 e. The molecule has 0 aliphatic rings. The molecule has 0 unspecified atom stereocenters. The van der Waals surface area contributed by atoms with Gasteiger partial charge in [-0.1, -0.05) is 30.3 Å². The highest BCUT2D eigenvalue weighted by molar-refractivity contribution is 5.80. The summed E-state index contributed by atoms with van der Waals surface area (Å²) in [6, 6.07) is 9.80. The van der Waals surface area contributed by atoms with Gasteiger partial charge in [0, 0.05) is 6.54 Å². The molecule has 1 aromatic heterocycles. The van der Waals surface area contributed by atoms with Crippen molar-refractivity contribution in [3.63, 3.8) is 0 Å². The third kappa shape index (κ3) is 4.05. The van der Waals surface area contributed by atoms with Crippen LogP contribution in [0.5, 0.6) is 0 Å². The Morgan fingerprint density at radius 2 is 1.90 bits per heavy atom. The number of hydrogen-bond acceptors (Lipinski definition) is 4. The normalized spacial score (nSPS) is 10.1. The molecule has 1 amide bonds. The lowest BCUT2D eigenvalue weighted by molar-refractivity contribution is -0.119. The first-order valence-corrected chi connectivity index (χ1v) is 6.50. The minimum absolute atomic E-state index is 0.0751. The predicted octanol–water partition coefficient (Wildman–Crippen LogP) is 1.82. The highest BCUT2D eigenvalue weighted by Crippen LogP contribution is 2.04. The van der Waals surface area contributed by atoms with Crippen LogP contribution < -0.4 is 10.6 Å². The van der Waals surface area contributed by atoms with Crippen molar-refractivity contribution in [1.29, 1.82) is 0 Å². The third-order valence-electron chi connectivity index (χ3n) is 2.95. The minimum Gasteiger partial charge on any atom is -0.360 e. The summed E-state index contributed by atoms with van der Waals surface area (Å²) in [6.07, 6.45) is 1.63. The van der Waals surface area contributed by atoms with Crippen molar-refractivity contribution in [3.05, 3.63) is 53.5 Å². The van der Waals surface area contributed by atoms with Crippen LogP contribution in [0.3, 0.4) is 0 Å². The number of aromatic nitrogens is 2. The number of nitrogens with one attached hydrogen (secondary N) is 2. The van der Waals surface area contributed by atoms with Gasteiger partial charge in [-0.15, -0.1) is 0 Å². The topological polar surface area (TPSA) is 66.9 Å². The Morgan fingerprint density at radius 1 is 1.15 bits per heavy atom. The van der Waals surface area contributed by atoms with Gasteiger partial charge in [0.15, 0.2) is 0 Å². The van der Waals surface area contributed by atoms with Gasteiger partial charge in [0.05, 0.1) is 24.1 Å². The molecule has 2 aromatic rings. The van der Waals surface area contributed by atoms with Gasteiger partial charge < -0.3 is 10.6 Å². The van der Waals surface area contributed by atoms with Crippen LogP contribution >= 0.6 is 0 Å². The van der Waals surface area contributed by atoms with E-state index in [1.165, 1.54) is 0 Å². The van der Waals surface area contributed by atoms with E-state index in [0.29, 0.717) is 12.4 Å². The van der Waals surface area contributed by atoms with Gasteiger partial charge in [-0.25, -0.2) is 4.98 Å². The quantitative estimate of drug-likeness (QED) is 0.869. The molecule has 2 N–H and O–H groups in total. The fraction of sp³-hybridized carbons (Fsp3) is 0.267. The summed E-state index contributed by atoms with van der Waals surface area (Å²) in [5.74, 6) is 0.539. The summed E-state index contributed by atoms with van der Waals surface area (Å²) in [4.78, 5) is 20.2. The SMILES string of the molecule is Cc1ncc(NCC(=O)NCc2ccccc2)nc1C. The van der Waals surface area contributed by atoms with Gasteiger partial charge in [0.25, 0.3) is 0 Å². The van der Waals surface area contributed by atoms with Gasteiger partial charge in [-0.05, 0) is 19.4 Å². The van der Waals surface area contributed by atoms with E-state index in [4.69, 9.17) is 0 Å². The molecule has 0 radical (unpaired) electrons. The molecule has 0 bridgehead atoms. The summed E-state index contributed by atoms with van der Waals surface area (Å²) < 4.78 is 0. The maximum absolute atomic E-state index is 11.7. The average molecular weight is 270 g/mol. The van der Waals surface area contributed by atoms with Gasteiger partial charge >= 0.3 is 0 Å². The summed E-state index contributed by atoms with van der Waals surface area (Å²) in [5, 5.41) is 5.81. The molecule has 0 atom stereocenters. The van der Waals surface area contributed by atoms with Crippen LogP contribution in [0.1, 0.15) is 17.0 Å². The Hall–Kier alpha value is -2.43. The summed E-state index contributed by atoms with van der Waals surface area (Å²) in [5.41, 5.74) is 2.83. The number of nitrogens with zero attached hydrogens (tertiary/aromatic N) is 2. The van der Waals surface area contributed by atoms with Crippen LogP contribution in [0.4, 0.5) is 5.82 Å². The van der Waals surface area contributed by atoms with Crippen LogP contribution in [0.25, 0.3) is 0 Å². The van der Waals surface area contributed by atoms with Crippen LogP contribution in [0.2, 0.25) is 0 Å². The first-order valence-electron chi connectivity index (χ1n) is 6.50. The Kier molecular flexibility index (Phi) is 4.65. The number of benzene rings is 1. The Labute approximate surface area is 118 Å². The van der Waals surface area contributed by atoms with E-state index < -0.39 is 0 Å². The minimum atomic E-state index is -0.0751. The molecule has 0 aliphatic heterocycles. The van der Waals surface area contributed by atoms with Crippen LogP contribution in [0.15, 0.2) is 36.5 Å². The van der Waals surface area contributed by atoms with Crippen molar-refractivity contribution >= 4 is 11.7 Å². The van der Waals surface area contributed by atoms with Gasteiger partial charge in [-0.3, -0.25) is 9.78 Å². The molecule has 0 aliphatic carbocycles. The van der Waals surface area contributed by atoms with E-state index in [0.717, 1.165) is 17.0 Å². The first kappa shape index (κ1) is 14.0. The van der Waals surface area contributed by atoms with Crippen molar-refractivity contribution in [1.82, 2.24) is 15.3 Å².